The van der Waals surface area contributed by atoms with Gasteiger partial charge >= 0.3 is 0 Å². The molecule has 136 valence electrons. The number of hydrogen-bond donors (Lipinski definition) is 1. The van der Waals surface area contributed by atoms with E-state index >= 15 is 0 Å². The molecule has 1 fully saturated rings. The minimum atomic E-state index is -0.569. The van der Waals surface area contributed by atoms with Crippen molar-refractivity contribution < 1.29 is 14.0 Å². The molecule has 1 saturated heterocycles. The molecule has 2 aromatic carbocycles. The van der Waals surface area contributed by atoms with Crippen LogP contribution in [0.5, 0.6) is 0 Å². The Kier molecular flexibility index (Phi) is 5.57. The van der Waals surface area contributed by atoms with Crippen molar-refractivity contribution in [2.75, 3.05) is 11.9 Å². The second-order valence-electron chi connectivity index (χ2n) is 5.82. The van der Waals surface area contributed by atoms with Crippen molar-refractivity contribution in [2.24, 2.45) is 0 Å². The smallest absolute Gasteiger partial charge is 0.264 e. The zero-order chi connectivity index (χ0) is 19.4. The van der Waals surface area contributed by atoms with Crippen LogP contribution in [-0.4, -0.2) is 24.1 Å². The number of halogens is 1. The highest BCUT2D eigenvalue weighted by atomic mass is 32.2. The number of rotatable bonds is 4. The quantitative estimate of drug-likeness (QED) is 0.653. The molecule has 0 bridgehead atoms. The van der Waals surface area contributed by atoms with Crippen LogP contribution < -0.4 is 10.2 Å². The molecule has 2 aromatic rings. The predicted octanol–water partition coefficient (Wildman–Crippen LogP) is 3.00. The third-order valence-electron chi connectivity index (χ3n) is 4.08. The summed E-state index contributed by atoms with van der Waals surface area (Å²) >= 11 is 1.18. The Morgan fingerprint density at radius 2 is 1.89 bits per heavy atom. The molecule has 1 atom stereocenters. The molecule has 1 heterocycles. The van der Waals surface area contributed by atoms with Gasteiger partial charge in [0.15, 0.2) is 0 Å². The molecule has 0 radical (unpaired) electrons. The average Bonchev–Trinajstić information content (AvgIpc) is 3.00. The number of amides is 2. The molecule has 3 rings (SSSR count). The number of hydrogen-bond acceptors (Lipinski definition) is 4. The lowest BCUT2D eigenvalue weighted by atomic mass is 10.1. The minimum Gasteiger partial charge on any atom is -0.354 e. The molecule has 0 aromatic heterocycles. The molecule has 1 N–H and O–H groups in total. The van der Waals surface area contributed by atoms with Gasteiger partial charge in [-0.2, -0.15) is 5.26 Å². The van der Waals surface area contributed by atoms with Crippen LogP contribution in [0.4, 0.5) is 10.1 Å². The zero-order valence-corrected chi connectivity index (χ0v) is 15.3. The monoisotopic (exact) mass is 381 g/mol. The first-order valence-corrected chi connectivity index (χ1v) is 9.09. The highest BCUT2D eigenvalue weighted by molar-refractivity contribution is 8.05. The Hall–Kier alpha value is -3.11. The van der Waals surface area contributed by atoms with E-state index in [1.54, 1.807) is 0 Å². The van der Waals surface area contributed by atoms with E-state index in [0.717, 1.165) is 5.56 Å². The van der Waals surface area contributed by atoms with Crippen LogP contribution >= 0.6 is 11.8 Å². The van der Waals surface area contributed by atoms with Crippen molar-refractivity contribution >= 4 is 29.3 Å². The molecular weight excluding hydrogens is 365 g/mol. The van der Waals surface area contributed by atoms with Gasteiger partial charge in [0.1, 0.15) is 22.5 Å². The molecular formula is C20H16FN3O2S. The lowest BCUT2D eigenvalue weighted by Gasteiger charge is -2.18. The van der Waals surface area contributed by atoms with Gasteiger partial charge in [-0.15, -0.1) is 0 Å². The molecule has 0 saturated carbocycles. The van der Waals surface area contributed by atoms with Gasteiger partial charge < -0.3 is 5.32 Å². The second-order valence-corrected chi connectivity index (χ2v) is 7.01. The summed E-state index contributed by atoms with van der Waals surface area (Å²) in [5.41, 5.74) is 1.24. The van der Waals surface area contributed by atoms with Crippen LogP contribution in [0.2, 0.25) is 0 Å². The SMILES string of the molecule is CNC(=O)/C(C#N)=C1\S[C@H](Cc2ccccc2)C(=O)N1c1ccc(F)cc1. The molecule has 7 heteroatoms. The largest absolute Gasteiger partial charge is 0.354 e. The topological polar surface area (TPSA) is 73.2 Å². The van der Waals surface area contributed by atoms with E-state index in [4.69, 9.17) is 0 Å². The van der Waals surface area contributed by atoms with Crippen molar-refractivity contribution in [1.29, 1.82) is 5.26 Å². The van der Waals surface area contributed by atoms with E-state index < -0.39 is 17.0 Å². The van der Waals surface area contributed by atoms with E-state index in [0.29, 0.717) is 12.1 Å². The van der Waals surface area contributed by atoms with Crippen LogP contribution in [0.3, 0.4) is 0 Å². The molecule has 0 spiro atoms. The highest BCUT2D eigenvalue weighted by Crippen LogP contribution is 2.41. The van der Waals surface area contributed by atoms with Crippen molar-refractivity contribution in [1.82, 2.24) is 5.32 Å². The fourth-order valence-electron chi connectivity index (χ4n) is 2.77. The van der Waals surface area contributed by atoms with Crippen molar-refractivity contribution in [3.05, 3.63) is 76.6 Å². The van der Waals surface area contributed by atoms with Gasteiger partial charge in [-0.1, -0.05) is 42.1 Å². The van der Waals surface area contributed by atoms with E-state index in [9.17, 15) is 19.2 Å². The van der Waals surface area contributed by atoms with Crippen molar-refractivity contribution in [3.63, 3.8) is 0 Å². The van der Waals surface area contributed by atoms with Crippen LogP contribution in [0.15, 0.2) is 65.2 Å². The predicted molar refractivity (Wildman–Crippen MR) is 102 cm³/mol. The van der Waals surface area contributed by atoms with Gasteiger partial charge in [-0.3, -0.25) is 14.5 Å². The van der Waals surface area contributed by atoms with Gasteiger partial charge in [0, 0.05) is 12.7 Å². The number of carbonyl (C=O) groups is 2. The maximum absolute atomic E-state index is 13.3. The summed E-state index contributed by atoms with van der Waals surface area (Å²) in [6.07, 6.45) is 0.456. The van der Waals surface area contributed by atoms with E-state index in [2.05, 4.69) is 5.32 Å². The fraction of sp³-hybridized carbons (Fsp3) is 0.150. The molecule has 0 aliphatic carbocycles. The molecule has 1 aliphatic rings. The first-order chi connectivity index (χ1) is 13.0. The summed E-state index contributed by atoms with van der Waals surface area (Å²) in [4.78, 5) is 26.5. The number of benzene rings is 2. The summed E-state index contributed by atoms with van der Waals surface area (Å²) in [5, 5.41) is 11.7. The molecule has 0 unspecified atom stereocenters. The van der Waals surface area contributed by atoms with Crippen LogP contribution in [-0.2, 0) is 16.0 Å². The fourth-order valence-corrected chi connectivity index (χ4v) is 4.07. The van der Waals surface area contributed by atoms with Crippen LogP contribution in [0, 0.1) is 17.1 Å². The van der Waals surface area contributed by atoms with Gasteiger partial charge in [-0.25, -0.2) is 4.39 Å². The molecule has 1 aliphatic heterocycles. The average molecular weight is 381 g/mol. The van der Waals surface area contributed by atoms with E-state index in [-0.39, 0.29) is 16.5 Å². The first kappa shape index (κ1) is 18.7. The Balaban J connectivity index is 2.04. The number of anilines is 1. The third kappa shape index (κ3) is 3.86. The summed E-state index contributed by atoms with van der Waals surface area (Å²) in [5.74, 6) is -1.25. The van der Waals surface area contributed by atoms with E-state index in [1.165, 1.54) is 48.0 Å². The Morgan fingerprint density at radius 1 is 1.22 bits per heavy atom. The summed E-state index contributed by atoms with van der Waals surface area (Å²) in [7, 11) is 1.42. The standard InChI is InChI=1S/C20H16FN3O2S/c1-23-18(25)16(12-22)20-24(15-9-7-14(21)8-10-15)19(26)17(27-20)11-13-5-3-2-4-6-13/h2-10,17H,11H2,1H3,(H,23,25)/b20-16-/t17-/m1/s1. The number of nitrogens with one attached hydrogen (secondary N) is 1. The van der Waals surface area contributed by atoms with Crippen LogP contribution in [0.1, 0.15) is 5.56 Å². The Bertz CT molecular complexity index is 936. The maximum Gasteiger partial charge on any atom is 0.264 e. The van der Waals surface area contributed by atoms with Crippen molar-refractivity contribution in [3.8, 4) is 6.07 Å². The molecule has 2 amide bonds. The highest BCUT2D eigenvalue weighted by Gasteiger charge is 2.40. The summed E-state index contributed by atoms with van der Waals surface area (Å²) in [6.45, 7) is 0. The lowest BCUT2D eigenvalue weighted by molar-refractivity contribution is -0.117. The number of nitriles is 1. The number of nitrogens with zero attached hydrogens (tertiary/aromatic N) is 2. The summed E-state index contributed by atoms with van der Waals surface area (Å²) < 4.78 is 13.3. The van der Waals surface area contributed by atoms with Gasteiger partial charge in [0.2, 0.25) is 5.91 Å². The zero-order valence-electron chi connectivity index (χ0n) is 14.5. The lowest BCUT2D eigenvalue weighted by Crippen LogP contribution is -2.31. The number of likely N-dealkylation sites (N-methyl/N-ethyl adjacent to an activating group) is 1. The summed E-state index contributed by atoms with van der Waals surface area (Å²) in [6, 6.07) is 16.8. The van der Waals surface area contributed by atoms with Crippen molar-refractivity contribution in [2.45, 2.75) is 11.7 Å². The minimum absolute atomic E-state index is 0.143. The molecule has 5 nitrogen and oxygen atoms in total. The maximum atomic E-state index is 13.3. The molecule has 27 heavy (non-hydrogen) atoms. The number of thioether (sulfide) groups is 1. The van der Waals surface area contributed by atoms with Gasteiger partial charge in [-0.05, 0) is 36.2 Å². The first-order valence-electron chi connectivity index (χ1n) is 8.21. The third-order valence-corrected chi connectivity index (χ3v) is 5.34. The Labute approximate surface area is 160 Å². The second kappa shape index (κ2) is 8.06. The van der Waals surface area contributed by atoms with Crippen LogP contribution in [0.25, 0.3) is 0 Å². The van der Waals surface area contributed by atoms with Gasteiger partial charge in [0.25, 0.3) is 5.91 Å². The van der Waals surface area contributed by atoms with E-state index in [1.807, 2.05) is 36.4 Å². The normalized spacial score (nSPS) is 18.2. The number of carbonyl (C=O) groups excluding carboxylic acids is 2. The van der Waals surface area contributed by atoms with Gasteiger partial charge in [0.05, 0.1) is 5.25 Å². The Morgan fingerprint density at radius 3 is 2.48 bits per heavy atom.